The maximum Gasteiger partial charge on any atom is 0.330 e. The summed E-state index contributed by atoms with van der Waals surface area (Å²) in [5, 5.41) is 9.91. The number of aromatic amines is 1. The van der Waals surface area contributed by atoms with Crippen molar-refractivity contribution >= 4 is 0 Å². The molecule has 110 valence electrons. The van der Waals surface area contributed by atoms with E-state index in [0.29, 0.717) is 0 Å². The van der Waals surface area contributed by atoms with Gasteiger partial charge >= 0.3 is 5.69 Å². The van der Waals surface area contributed by atoms with Crippen LogP contribution >= 0.6 is 0 Å². The van der Waals surface area contributed by atoms with Crippen LogP contribution in [0.1, 0.15) is 20.1 Å². The van der Waals surface area contributed by atoms with Gasteiger partial charge in [-0.2, -0.15) is 0 Å². The molecule has 8 nitrogen and oxygen atoms in total. The summed E-state index contributed by atoms with van der Waals surface area (Å²) in [6.07, 6.45) is -1.44. The van der Waals surface area contributed by atoms with Gasteiger partial charge in [-0.3, -0.25) is 14.3 Å². The van der Waals surface area contributed by atoms with E-state index in [1.165, 1.54) is 16.8 Å². The van der Waals surface area contributed by atoms with Gasteiger partial charge in [-0.15, -0.1) is 0 Å². The number of nitrogens with one attached hydrogen (secondary N) is 1. The smallest absolute Gasteiger partial charge is 0.330 e. The summed E-state index contributed by atoms with van der Waals surface area (Å²) in [7, 11) is 0. The molecule has 0 aromatic carbocycles. The molecule has 4 atom stereocenters. The van der Waals surface area contributed by atoms with E-state index in [-0.39, 0.29) is 6.61 Å². The second-order valence-corrected chi connectivity index (χ2v) is 5.37. The van der Waals surface area contributed by atoms with Crippen molar-refractivity contribution in [2.75, 3.05) is 6.61 Å². The van der Waals surface area contributed by atoms with E-state index in [4.69, 9.17) is 14.2 Å². The number of fused-ring (bicyclic) bond motifs is 1. The van der Waals surface area contributed by atoms with Crippen LogP contribution in [0.5, 0.6) is 0 Å². The van der Waals surface area contributed by atoms with Crippen molar-refractivity contribution in [1.82, 2.24) is 9.55 Å². The highest BCUT2D eigenvalue weighted by molar-refractivity contribution is 4.95. The third-order valence-electron chi connectivity index (χ3n) is 3.39. The van der Waals surface area contributed by atoms with Crippen molar-refractivity contribution in [1.29, 1.82) is 0 Å². The minimum absolute atomic E-state index is 0.0246. The van der Waals surface area contributed by atoms with Gasteiger partial charge in [-0.25, -0.2) is 4.79 Å². The second kappa shape index (κ2) is 4.52. The molecule has 2 fully saturated rings. The largest absolute Gasteiger partial charge is 0.388 e. The molecule has 0 spiro atoms. The van der Waals surface area contributed by atoms with Crippen LogP contribution in [-0.2, 0) is 14.2 Å². The number of aliphatic hydroxyl groups is 1. The van der Waals surface area contributed by atoms with Gasteiger partial charge in [0.2, 0.25) is 0 Å². The number of H-pyrrole nitrogens is 1. The number of hydrogen-bond acceptors (Lipinski definition) is 6. The number of hydrogen-bond donors (Lipinski definition) is 2. The first-order valence-electron chi connectivity index (χ1n) is 6.34. The lowest BCUT2D eigenvalue weighted by Crippen LogP contribution is -2.51. The Hall–Kier alpha value is -1.48. The lowest BCUT2D eigenvalue weighted by molar-refractivity contribution is -0.176. The summed E-state index contributed by atoms with van der Waals surface area (Å²) in [6.45, 7) is 3.48. The van der Waals surface area contributed by atoms with Crippen LogP contribution in [0.25, 0.3) is 0 Å². The Bertz CT molecular complexity index is 621. The summed E-state index contributed by atoms with van der Waals surface area (Å²) in [6, 6.07) is 1.23. The molecule has 0 saturated carbocycles. The third-order valence-corrected chi connectivity index (χ3v) is 3.39. The first kappa shape index (κ1) is 13.5. The fourth-order valence-electron chi connectivity index (χ4n) is 2.59. The normalized spacial score (nSPS) is 35.8. The zero-order chi connectivity index (χ0) is 14.5. The molecule has 0 amide bonds. The van der Waals surface area contributed by atoms with Crippen LogP contribution in [0.15, 0.2) is 21.9 Å². The highest BCUT2D eigenvalue weighted by Gasteiger charge is 2.52. The standard InChI is InChI=1S/C12H16N2O6/c1-12(2)19-8-6(15)5-18-10(9(8)20-12)14-4-3-7(16)13-11(14)17/h3-4,6,8-10,15H,5H2,1-2H3,(H,13,16,17)/t6-,8+,9+,10+/m1/s1. The summed E-state index contributed by atoms with van der Waals surface area (Å²) in [5.74, 6) is -0.867. The fraction of sp³-hybridized carbons (Fsp3) is 0.667. The van der Waals surface area contributed by atoms with Crippen molar-refractivity contribution in [3.63, 3.8) is 0 Å². The van der Waals surface area contributed by atoms with Gasteiger partial charge in [0.1, 0.15) is 18.3 Å². The average Bonchev–Trinajstić information content (AvgIpc) is 2.67. The summed E-state index contributed by atoms with van der Waals surface area (Å²) >= 11 is 0. The molecule has 3 heterocycles. The van der Waals surface area contributed by atoms with E-state index in [1.54, 1.807) is 13.8 Å². The summed E-state index contributed by atoms with van der Waals surface area (Å²) in [4.78, 5) is 25.1. The third kappa shape index (κ3) is 2.20. The zero-order valence-electron chi connectivity index (χ0n) is 11.1. The highest BCUT2D eigenvalue weighted by Crippen LogP contribution is 2.38. The topological polar surface area (TPSA) is 103 Å². The van der Waals surface area contributed by atoms with Gasteiger partial charge in [-0.1, -0.05) is 0 Å². The maximum atomic E-state index is 11.8. The predicted octanol–water partition coefficient (Wildman–Crippen LogP) is -1.05. The van der Waals surface area contributed by atoms with Crippen LogP contribution in [0.3, 0.4) is 0 Å². The van der Waals surface area contributed by atoms with Crippen molar-refractivity contribution < 1.29 is 19.3 Å². The van der Waals surface area contributed by atoms with E-state index < -0.39 is 41.6 Å². The second-order valence-electron chi connectivity index (χ2n) is 5.37. The molecule has 0 bridgehead atoms. The van der Waals surface area contributed by atoms with Gasteiger partial charge in [0.05, 0.1) is 6.61 Å². The molecule has 1 aromatic heterocycles. The van der Waals surface area contributed by atoms with Crippen LogP contribution in [-0.4, -0.2) is 45.4 Å². The van der Waals surface area contributed by atoms with Crippen LogP contribution in [0, 0.1) is 0 Å². The lowest BCUT2D eigenvalue weighted by Gasteiger charge is -2.35. The van der Waals surface area contributed by atoms with Crippen molar-refractivity contribution in [2.24, 2.45) is 0 Å². The van der Waals surface area contributed by atoms with E-state index in [9.17, 15) is 14.7 Å². The van der Waals surface area contributed by atoms with E-state index in [2.05, 4.69) is 4.98 Å². The quantitative estimate of drug-likeness (QED) is 0.682. The highest BCUT2D eigenvalue weighted by atomic mass is 16.8. The molecule has 2 saturated heterocycles. The predicted molar refractivity (Wildman–Crippen MR) is 66.1 cm³/mol. The monoisotopic (exact) mass is 284 g/mol. The number of rotatable bonds is 1. The molecule has 20 heavy (non-hydrogen) atoms. The Morgan fingerprint density at radius 3 is 2.75 bits per heavy atom. The molecule has 1 aromatic rings. The Balaban J connectivity index is 1.98. The van der Waals surface area contributed by atoms with E-state index >= 15 is 0 Å². The van der Waals surface area contributed by atoms with Crippen molar-refractivity contribution in [3.05, 3.63) is 33.1 Å². The SMILES string of the molecule is CC1(C)O[C@@H]2[C@H](O1)[C@@H](n1ccc(=O)[nH]c1=O)OC[C@H]2O. The molecule has 0 radical (unpaired) electrons. The minimum Gasteiger partial charge on any atom is -0.388 e. The van der Waals surface area contributed by atoms with E-state index in [1.807, 2.05) is 0 Å². The van der Waals surface area contributed by atoms with Gasteiger partial charge in [-0.05, 0) is 13.8 Å². The lowest BCUT2D eigenvalue weighted by atomic mass is 10.0. The Morgan fingerprint density at radius 2 is 2.05 bits per heavy atom. The minimum atomic E-state index is -0.867. The Kier molecular flexibility index (Phi) is 3.05. The zero-order valence-corrected chi connectivity index (χ0v) is 11.1. The molecule has 0 aliphatic carbocycles. The molecular weight excluding hydrogens is 268 g/mol. The summed E-state index contributed by atoms with van der Waals surface area (Å²) < 4.78 is 18.1. The van der Waals surface area contributed by atoms with Gasteiger partial charge in [0.15, 0.2) is 12.0 Å². The molecule has 0 unspecified atom stereocenters. The molecule has 2 aliphatic heterocycles. The fourth-order valence-corrected chi connectivity index (χ4v) is 2.59. The van der Waals surface area contributed by atoms with Gasteiger partial charge in [0, 0.05) is 12.3 Å². The Morgan fingerprint density at radius 1 is 1.35 bits per heavy atom. The van der Waals surface area contributed by atoms with Crippen LogP contribution in [0.2, 0.25) is 0 Å². The first-order valence-corrected chi connectivity index (χ1v) is 6.34. The Labute approximate surface area is 113 Å². The molecule has 8 heteroatoms. The number of aliphatic hydroxyl groups excluding tert-OH is 1. The van der Waals surface area contributed by atoms with Gasteiger partial charge < -0.3 is 19.3 Å². The number of aromatic nitrogens is 2. The first-order chi connectivity index (χ1) is 9.37. The van der Waals surface area contributed by atoms with Crippen molar-refractivity contribution in [2.45, 2.75) is 44.2 Å². The number of ether oxygens (including phenoxy) is 3. The molecule has 3 rings (SSSR count). The molecular formula is C12H16N2O6. The van der Waals surface area contributed by atoms with Crippen molar-refractivity contribution in [3.8, 4) is 0 Å². The summed E-state index contributed by atoms with van der Waals surface area (Å²) in [5.41, 5.74) is -1.08. The number of nitrogens with zero attached hydrogens (tertiary/aromatic N) is 1. The van der Waals surface area contributed by atoms with E-state index in [0.717, 1.165) is 0 Å². The molecule has 2 aliphatic rings. The average molecular weight is 284 g/mol. The molecule has 2 N–H and O–H groups in total. The van der Waals surface area contributed by atoms with Crippen LogP contribution < -0.4 is 11.2 Å². The van der Waals surface area contributed by atoms with Gasteiger partial charge in [0.25, 0.3) is 5.56 Å². The van der Waals surface area contributed by atoms with Crippen LogP contribution in [0.4, 0.5) is 0 Å². The maximum absolute atomic E-state index is 11.8.